The van der Waals surface area contributed by atoms with Crippen molar-refractivity contribution in [3.05, 3.63) is 48.5 Å². The van der Waals surface area contributed by atoms with Crippen LogP contribution in [0.25, 0.3) is 0 Å². The minimum absolute atomic E-state index is 0.0168. The summed E-state index contributed by atoms with van der Waals surface area (Å²) in [5.74, 6) is 0.556. The average molecular weight is 341 g/mol. The third-order valence-electron chi connectivity index (χ3n) is 3.45. The molecule has 6 nitrogen and oxygen atoms in total. The Labute approximate surface area is 147 Å². The predicted molar refractivity (Wildman–Crippen MR) is 100 cm³/mol. The van der Waals surface area contributed by atoms with E-state index in [2.05, 4.69) is 16.0 Å². The first-order valence-corrected chi connectivity index (χ1v) is 8.18. The minimum Gasteiger partial charge on any atom is -0.497 e. The number of methoxy groups -OCH3 is 1. The Hall–Kier alpha value is -3.02. The van der Waals surface area contributed by atoms with Crippen LogP contribution >= 0.6 is 0 Å². The number of ether oxygens (including phenoxy) is 1. The highest BCUT2D eigenvalue weighted by atomic mass is 16.5. The number of amides is 2. The number of rotatable bonds is 8. The summed E-state index contributed by atoms with van der Waals surface area (Å²) in [6, 6.07) is 14.4. The highest BCUT2D eigenvalue weighted by molar-refractivity contribution is 5.94. The van der Waals surface area contributed by atoms with Crippen LogP contribution in [0.15, 0.2) is 48.5 Å². The maximum absolute atomic E-state index is 12.0. The smallest absolute Gasteiger partial charge is 0.243 e. The molecule has 2 amide bonds. The van der Waals surface area contributed by atoms with E-state index in [0.717, 1.165) is 17.9 Å². The van der Waals surface area contributed by atoms with E-state index >= 15 is 0 Å². The number of anilines is 3. The van der Waals surface area contributed by atoms with Crippen molar-refractivity contribution in [2.75, 3.05) is 29.6 Å². The van der Waals surface area contributed by atoms with Gasteiger partial charge in [-0.2, -0.15) is 0 Å². The molecule has 0 atom stereocenters. The van der Waals surface area contributed by atoms with Gasteiger partial charge in [-0.1, -0.05) is 13.0 Å². The lowest BCUT2D eigenvalue weighted by Crippen LogP contribution is -2.21. The molecule has 0 radical (unpaired) electrons. The molecule has 0 heterocycles. The van der Waals surface area contributed by atoms with E-state index in [0.29, 0.717) is 17.8 Å². The topological polar surface area (TPSA) is 79.5 Å². The van der Waals surface area contributed by atoms with Crippen LogP contribution in [-0.4, -0.2) is 25.5 Å². The van der Waals surface area contributed by atoms with Gasteiger partial charge in [0.2, 0.25) is 11.8 Å². The molecule has 0 aliphatic heterocycles. The molecule has 0 saturated heterocycles. The molecule has 2 rings (SSSR count). The highest BCUT2D eigenvalue weighted by Crippen LogP contribution is 2.16. The van der Waals surface area contributed by atoms with Gasteiger partial charge >= 0.3 is 0 Å². The Morgan fingerprint density at radius 1 is 0.920 bits per heavy atom. The summed E-state index contributed by atoms with van der Waals surface area (Å²) in [7, 11) is 1.59. The van der Waals surface area contributed by atoms with E-state index in [1.807, 2.05) is 25.1 Å². The first kappa shape index (κ1) is 18.3. The Bertz CT molecular complexity index is 714. The average Bonchev–Trinajstić information content (AvgIpc) is 2.61. The van der Waals surface area contributed by atoms with Crippen LogP contribution < -0.4 is 20.7 Å². The van der Waals surface area contributed by atoms with Crippen LogP contribution in [0.5, 0.6) is 5.75 Å². The summed E-state index contributed by atoms with van der Waals surface area (Å²) in [5, 5.41) is 8.68. The first-order chi connectivity index (χ1) is 12.1. The zero-order valence-electron chi connectivity index (χ0n) is 14.5. The van der Waals surface area contributed by atoms with Crippen LogP contribution in [0.3, 0.4) is 0 Å². The molecule has 0 unspecified atom stereocenters. The summed E-state index contributed by atoms with van der Waals surface area (Å²) in [4.78, 5) is 23.6. The van der Waals surface area contributed by atoms with E-state index in [9.17, 15) is 9.59 Å². The van der Waals surface area contributed by atoms with Gasteiger partial charge in [0.25, 0.3) is 0 Å². The molecule has 3 N–H and O–H groups in total. The maximum Gasteiger partial charge on any atom is 0.243 e. The third-order valence-corrected chi connectivity index (χ3v) is 3.45. The van der Waals surface area contributed by atoms with E-state index < -0.39 is 0 Å². The second kappa shape index (κ2) is 9.32. The predicted octanol–water partition coefficient (Wildman–Crippen LogP) is 3.48. The van der Waals surface area contributed by atoms with Gasteiger partial charge in [0.1, 0.15) is 5.75 Å². The SMILES string of the molecule is CCCC(=O)Nc1cccc(NCC(=O)Nc2ccc(OC)cc2)c1. The molecular formula is C19H23N3O3. The largest absolute Gasteiger partial charge is 0.497 e. The summed E-state index contributed by atoms with van der Waals surface area (Å²) in [6.45, 7) is 2.08. The number of hydrogen-bond donors (Lipinski definition) is 3. The Morgan fingerprint density at radius 3 is 2.28 bits per heavy atom. The van der Waals surface area contributed by atoms with E-state index in [-0.39, 0.29) is 18.4 Å². The van der Waals surface area contributed by atoms with Gasteiger partial charge in [-0.05, 0) is 48.9 Å². The highest BCUT2D eigenvalue weighted by Gasteiger charge is 2.04. The fraction of sp³-hybridized carbons (Fsp3) is 0.263. The number of nitrogens with one attached hydrogen (secondary N) is 3. The van der Waals surface area contributed by atoms with Crippen molar-refractivity contribution in [2.45, 2.75) is 19.8 Å². The maximum atomic E-state index is 12.0. The van der Waals surface area contributed by atoms with Crippen molar-refractivity contribution < 1.29 is 14.3 Å². The first-order valence-electron chi connectivity index (χ1n) is 8.18. The molecule has 0 aliphatic rings. The van der Waals surface area contributed by atoms with Gasteiger partial charge in [-0.15, -0.1) is 0 Å². The molecule has 0 bridgehead atoms. The molecule has 2 aromatic rings. The Balaban J connectivity index is 1.85. The molecule has 0 saturated carbocycles. The minimum atomic E-state index is -0.161. The third kappa shape index (κ3) is 6.18. The molecule has 0 aliphatic carbocycles. The van der Waals surface area contributed by atoms with Gasteiger partial charge in [-0.25, -0.2) is 0 Å². The lowest BCUT2D eigenvalue weighted by molar-refractivity contribution is -0.116. The van der Waals surface area contributed by atoms with E-state index in [1.54, 1.807) is 37.4 Å². The van der Waals surface area contributed by atoms with Gasteiger partial charge < -0.3 is 20.7 Å². The summed E-state index contributed by atoms with van der Waals surface area (Å²) >= 11 is 0. The van der Waals surface area contributed by atoms with Gasteiger partial charge in [0, 0.05) is 23.5 Å². The fourth-order valence-corrected chi connectivity index (χ4v) is 2.22. The van der Waals surface area contributed by atoms with Gasteiger partial charge in [0.05, 0.1) is 13.7 Å². The van der Waals surface area contributed by atoms with Crippen LogP contribution in [0, 0.1) is 0 Å². The second-order valence-corrected chi connectivity index (χ2v) is 5.51. The van der Waals surface area contributed by atoms with Crippen molar-refractivity contribution in [1.82, 2.24) is 0 Å². The van der Waals surface area contributed by atoms with E-state index in [1.165, 1.54) is 0 Å². The van der Waals surface area contributed by atoms with E-state index in [4.69, 9.17) is 4.74 Å². The Morgan fingerprint density at radius 2 is 1.60 bits per heavy atom. The standard InChI is InChI=1S/C19H23N3O3/c1-3-5-18(23)22-16-7-4-6-15(12-16)20-13-19(24)21-14-8-10-17(25-2)11-9-14/h4,6-12,20H,3,5,13H2,1-2H3,(H,21,24)(H,22,23). The Kier molecular flexibility index (Phi) is 6.83. The summed E-state index contributed by atoms with van der Waals surface area (Å²) in [6.07, 6.45) is 1.29. The zero-order valence-corrected chi connectivity index (χ0v) is 14.5. The van der Waals surface area contributed by atoms with Crippen LogP contribution in [-0.2, 0) is 9.59 Å². The van der Waals surface area contributed by atoms with Crippen LogP contribution in [0.4, 0.5) is 17.1 Å². The van der Waals surface area contributed by atoms with Crippen molar-refractivity contribution in [1.29, 1.82) is 0 Å². The fourth-order valence-electron chi connectivity index (χ4n) is 2.22. The van der Waals surface area contributed by atoms with Crippen molar-refractivity contribution in [3.8, 4) is 5.75 Å². The molecule has 6 heteroatoms. The molecule has 132 valence electrons. The lowest BCUT2D eigenvalue weighted by Gasteiger charge is -2.10. The number of carbonyl (C=O) groups excluding carboxylic acids is 2. The van der Waals surface area contributed by atoms with Crippen LogP contribution in [0.2, 0.25) is 0 Å². The molecule has 2 aromatic carbocycles. The zero-order chi connectivity index (χ0) is 18.1. The van der Waals surface area contributed by atoms with Crippen molar-refractivity contribution >= 4 is 28.9 Å². The summed E-state index contributed by atoms with van der Waals surface area (Å²) in [5.41, 5.74) is 2.17. The quantitative estimate of drug-likeness (QED) is 0.687. The summed E-state index contributed by atoms with van der Waals surface area (Å²) < 4.78 is 5.08. The normalized spacial score (nSPS) is 10.0. The molecule has 0 fully saturated rings. The van der Waals surface area contributed by atoms with Gasteiger partial charge in [-0.3, -0.25) is 9.59 Å². The molecule has 25 heavy (non-hydrogen) atoms. The van der Waals surface area contributed by atoms with Crippen molar-refractivity contribution in [3.63, 3.8) is 0 Å². The number of benzene rings is 2. The van der Waals surface area contributed by atoms with Crippen LogP contribution in [0.1, 0.15) is 19.8 Å². The monoisotopic (exact) mass is 341 g/mol. The second-order valence-electron chi connectivity index (χ2n) is 5.51. The molecule has 0 spiro atoms. The lowest BCUT2D eigenvalue weighted by atomic mass is 10.2. The van der Waals surface area contributed by atoms with Crippen molar-refractivity contribution in [2.24, 2.45) is 0 Å². The number of carbonyl (C=O) groups is 2. The number of hydrogen-bond acceptors (Lipinski definition) is 4. The van der Waals surface area contributed by atoms with Gasteiger partial charge in [0.15, 0.2) is 0 Å². The molecular weight excluding hydrogens is 318 g/mol. The molecule has 0 aromatic heterocycles.